The highest BCUT2D eigenvalue weighted by atomic mass is 16.1. The van der Waals surface area contributed by atoms with E-state index in [0.29, 0.717) is 17.7 Å². The molecule has 3 aliphatic heterocycles. The number of carbonyl (C=O) groups is 1. The van der Waals surface area contributed by atoms with Crippen LogP contribution in [-0.4, -0.2) is 78.4 Å². The first-order valence-corrected chi connectivity index (χ1v) is 11.1. The van der Waals surface area contributed by atoms with Crippen molar-refractivity contribution in [1.82, 2.24) is 14.7 Å². The number of hydrogen-bond acceptors (Lipinski definition) is 4. The van der Waals surface area contributed by atoms with E-state index < -0.39 is 0 Å². The van der Waals surface area contributed by atoms with Gasteiger partial charge in [0.05, 0.1) is 6.54 Å². The standard InChI is InChI=1S/C22H39N3O/c1-17(2)19-4-8-24(9-5-19)20-6-10-25(11-7-20)21-12-22(13-21)15-23(16-22)14-18(3)26/h17,19-21H,4-16H2,1-3H3. The first-order valence-electron chi connectivity index (χ1n) is 11.1. The molecule has 1 spiro atoms. The molecule has 0 amide bonds. The first kappa shape index (κ1) is 18.9. The average molecular weight is 362 g/mol. The zero-order valence-electron chi connectivity index (χ0n) is 17.3. The third-order valence-corrected chi connectivity index (χ3v) is 7.95. The van der Waals surface area contributed by atoms with Gasteiger partial charge in [-0.1, -0.05) is 13.8 Å². The van der Waals surface area contributed by atoms with Gasteiger partial charge >= 0.3 is 0 Å². The number of hydrogen-bond donors (Lipinski definition) is 0. The summed E-state index contributed by atoms with van der Waals surface area (Å²) in [5.41, 5.74) is 0.579. The maximum atomic E-state index is 11.2. The summed E-state index contributed by atoms with van der Waals surface area (Å²) in [4.78, 5) is 19.2. The second-order valence-corrected chi connectivity index (χ2v) is 10.3. The molecule has 0 atom stereocenters. The largest absolute Gasteiger partial charge is 0.300 e. The molecular formula is C22H39N3O. The molecule has 0 aromatic carbocycles. The van der Waals surface area contributed by atoms with Gasteiger partial charge in [0.2, 0.25) is 0 Å². The Morgan fingerprint density at radius 1 is 0.923 bits per heavy atom. The minimum atomic E-state index is 0.315. The molecule has 4 nitrogen and oxygen atoms in total. The summed E-state index contributed by atoms with van der Waals surface area (Å²) in [5, 5.41) is 0. The molecule has 3 heterocycles. The van der Waals surface area contributed by atoms with E-state index in [4.69, 9.17) is 0 Å². The van der Waals surface area contributed by atoms with Crippen LogP contribution in [0.15, 0.2) is 0 Å². The number of rotatable bonds is 5. The quantitative estimate of drug-likeness (QED) is 0.752. The van der Waals surface area contributed by atoms with Crippen LogP contribution in [0, 0.1) is 17.3 Å². The monoisotopic (exact) mass is 361 g/mol. The Bertz CT molecular complexity index is 490. The van der Waals surface area contributed by atoms with E-state index in [-0.39, 0.29) is 0 Å². The van der Waals surface area contributed by atoms with Crippen LogP contribution < -0.4 is 0 Å². The van der Waals surface area contributed by atoms with Crippen molar-refractivity contribution in [1.29, 1.82) is 0 Å². The molecular weight excluding hydrogens is 322 g/mol. The molecule has 0 radical (unpaired) electrons. The Morgan fingerprint density at radius 3 is 2.00 bits per heavy atom. The van der Waals surface area contributed by atoms with Crippen LogP contribution in [0.2, 0.25) is 0 Å². The Balaban J connectivity index is 1.15. The van der Waals surface area contributed by atoms with E-state index in [1.54, 1.807) is 6.92 Å². The van der Waals surface area contributed by atoms with Crippen molar-refractivity contribution in [2.24, 2.45) is 17.3 Å². The normalized spacial score (nSPS) is 29.8. The second kappa shape index (κ2) is 7.52. The van der Waals surface area contributed by atoms with E-state index in [0.717, 1.165) is 23.9 Å². The Labute approximate surface area is 160 Å². The fourth-order valence-corrected chi connectivity index (χ4v) is 6.35. The van der Waals surface area contributed by atoms with Crippen molar-refractivity contribution in [2.45, 2.75) is 71.4 Å². The Hall–Kier alpha value is -0.450. The molecule has 4 fully saturated rings. The van der Waals surface area contributed by atoms with Gasteiger partial charge in [0.15, 0.2) is 0 Å². The van der Waals surface area contributed by atoms with Crippen molar-refractivity contribution in [3.8, 4) is 0 Å². The summed E-state index contributed by atoms with van der Waals surface area (Å²) in [6.45, 7) is 14.8. The van der Waals surface area contributed by atoms with Crippen LogP contribution in [0.25, 0.3) is 0 Å². The van der Waals surface area contributed by atoms with Crippen molar-refractivity contribution in [3.63, 3.8) is 0 Å². The van der Waals surface area contributed by atoms with E-state index in [1.165, 1.54) is 77.8 Å². The van der Waals surface area contributed by atoms with Crippen LogP contribution in [0.1, 0.15) is 59.3 Å². The molecule has 0 N–H and O–H groups in total. The smallest absolute Gasteiger partial charge is 0.143 e. The number of nitrogens with zero attached hydrogens (tertiary/aromatic N) is 3. The zero-order chi connectivity index (χ0) is 18.3. The molecule has 3 saturated heterocycles. The summed E-state index contributed by atoms with van der Waals surface area (Å²) >= 11 is 0. The van der Waals surface area contributed by atoms with Crippen LogP contribution in [0.4, 0.5) is 0 Å². The number of likely N-dealkylation sites (tertiary alicyclic amines) is 3. The van der Waals surface area contributed by atoms with E-state index in [2.05, 4.69) is 28.5 Å². The predicted molar refractivity (Wildman–Crippen MR) is 106 cm³/mol. The highest BCUT2D eigenvalue weighted by Crippen LogP contribution is 2.50. The first-order chi connectivity index (χ1) is 12.4. The van der Waals surface area contributed by atoms with Gasteiger partial charge in [-0.05, 0) is 88.9 Å². The molecule has 148 valence electrons. The molecule has 0 unspecified atom stereocenters. The number of ketones is 1. The lowest BCUT2D eigenvalue weighted by Gasteiger charge is -2.61. The second-order valence-electron chi connectivity index (χ2n) is 10.3. The van der Waals surface area contributed by atoms with E-state index >= 15 is 0 Å². The minimum Gasteiger partial charge on any atom is -0.300 e. The molecule has 1 saturated carbocycles. The molecule has 4 aliphatic rings. The molecule has 0 bridgehead atoms. The maximum Gasteiger partial charge on any atom is 0.143 e. The number of carbonyl (C=O) groups excluding carboxylic acids is 1. The minimum absolute atomic E-state index is 0.315. The Morgan fingerprint density at radius 2 is 1.46 bits per heavy atom. The van der Waals surface area contributed by atoms with Crippen molar-refractivity contribution < 1.29 is 4.79 Å². The third-order valence-electron chi connectivity index (χ3n) is 7.95. The number of piperidine rings is 2. The van der Waals surface area contributed by atoms with Crippen molar-refractivity contribution >= 4 is 5.78 Å². The van der Waals surface area contributed by atoms with Gasteiger partial charge in [-0.3, -0.25) is 9.69 Å². The molecule has 4 heteroatoms. The van der Waals surface area contributed by atoms with Crippen LogP contribution in [0.3, 0.4) is 0 Å². The highest BCUT2D eigenvalue weighted by Gasteiger charge is 2.53. The van der Waals surface area contributed by atoms with Crippen LogP contribution in [0.5, 0.6) is 0 Å². The lowest BCUT2D eigenvalue weighted by atomic mass is 9.60. The summed E-state index contributed by atoms with van der Waals surface area (Å²) < 4.78 is 0. The Kier molecular flexibility index (Phi) is 5.46. The predicted octanol–water partition coefficient (Wildman–Crippen LogP) is 2.87. The molecule has 4 rings (SSSR count). The van der Waals surface area contributed by atoms with E-state index in [1.807, 2.05) is 0 Å². The van der Waals surface area contributed by atoms with Gasteiger partial charge < -0.3 is 9.80 Å². The van der Waals surface area contributed by atoms with Gasteiger partial charge in [-0.15, -0.1) is 0 Å². The molecule has 0 aromatic rings. The maximum absolute atomic E-state index is 11.2. The van der Waals surface area contributed by atoms with Gasteiger partial charge in [0, 0.05) is 25.2 Å². The van der Waals surface area contributed by atoms with Gasteiger partial charge in [-0.25, -0.2) is 0 Å². The van der Waals surface area contributed by atoms with Crippen LogP contribution in [-0.2, 0) is 4.79 Å². The van der Waals surface area contributed by atoms with Gasteiger partial charge in [0.25, 0.3) is 0 Å². The molecule has 26 heavy (non-hydrogen) atoms. The van der Waals surface area contributed by atoms with Gasteiger partial charge in [0.1, 0.15) is 5.78 Å². The fourth-order valence-electron chi connectivity index (χ4n) is 6.35. The number of Topliss-reactive ketones (excluding diaryl/α,β-unsaturated/α-hetero) is 1. The lowest BCUT2D eigenvalue weighted by molar-refractivity contribution is -0.133. The summed E-state index contributed by atoms with van der Waals surface area (Å²) in [7, 11) is 0. The third kappa shape index (κ3) is 3.88. The van der Waals surface area contributed by atoms with E-state index in [9.17, 15) is 4.79 Å². The van der Waals surface area contributed by atoms with Crippen molar-refractivity contribution in [2.75, 3.05) is 45.8 Å². The summed E-state index contributed by atoms with van der Waals surface area (Å²) in [6, 6.07) is 1.69. The SMILES string of the molecule is CC(=O)CN1CC2(CC(N3CCC(N4CCC(C(C)C)CC4)CC3)C2)C1. The van der Waals surface area contributed by atoms with Crippen molar-refractivity contribution in [3.05, 3.63) is 0 Å². The highest BCUT2D eigenvalue weighted by molar-refractivity contribution is 5.77. The van der Waals surface area contributed by atoms with Crippen LogP contribution >= 0.6 is 0 Å². The molecule has 0 aromatic heterocycles. The zero-order valence-corrected chi connectivity index (χ0v) is 17.3. The summed E-state index contributed by atoms with van der Waals surface area (Å²) in [5.74, 6) is 2.14. The summed E-state index contributed by atoms with van der Waals surface area (Å²) in [6.07, 6.45) is 8.36. The fraction of sp³-hybridized carbons (Fsp3) is 0.955. The lowest BCUT2D eigenvalue weighted by Crippen LogP contribution is -2.67. The van der Waals surface area contributed by atoms with Gasteiger partial charge in [-0.2, -0.15) is 0 Å². The average Bonchev–Trinajstić information content (AvgIpc) is 2.56. The molecule has 1 aliphatic carbocycles. The topological polar surface area (TPSA) is 26.8 Å².